The Morgan fingerprint density at radius 3 is 1.24 bits per heavy atom. The van der Waals surface area contributed by atoms with Gasteiger partial charge in [0.15, 0.2) is 0 Å². The fourth-order valence-electron chi connectivity index (χ4n) is 5.82. The second-order valence-electron chi connectivity index (χ2n) is 13.0. The Morgan fingerprint density at radius 2 is 0.881 bits per heavy atom. The fourth-order valence-corrected chi connectivity index (χ4v) is 5.82. The van der Waals surface area contributed by atoms with E-state index in [0.29, 0.717) is 6.42 Å². The zero-order valence-corrected chi connectivity index (χ0v) is 28.5. The Hall–Kier alpha value is -0.870. The van der Waals surface area contributed by atoms with Crippen molar-refractivity contribution in [3.63, 3.8) is 0 Å². The number of nitrogens with one attached hydrogen (secondary N) is 1. The van der Waals surface area contributed by atoms with Gasteiger partial charge < -0.3 is 15.5 Å². The molecule has 0 aliphatic heterocycles. The molecule has 0 aromatic rings. The highest BCUT2D eigenvalue weighted by atomic mass is 16.3. The first kappa shape index (κ1) is 41.1. The van der Waals surface area contributed by atoms with Crippen molar-refractivity contribution in [3.8, 4) is 0 Å². The maximum Gasteiger partial charge on any atom is 0.220 e. The van der Waals surface area contributed by atoms with Crippen LogP contribution >= 0.6 is 0 Å². The first-order valence-corrected chi connectivity index (χ1v) is 18.9. The second kappa shape index (κ2) is 34.6. The Balaban J connectivity index is 3.59. The Kier molecular flexibility index (Phi) is 33.9. The molecule has 0 spiro atoms. The smallest absolute Gasteiger partial charge is 0.220 e. The average Bonchev–Trinajstić information content (AvgIpc) is 2.99. The van der Waals surface area contributed by atoms with Crippen molar-refractivity contribution in [2.75, 3.05) is 6.61 Å². The van der Waals surface area contributed by atoms with Crippen LogP contribution in [0.15, 0.2) is 12.2 Å². The molecule has 0 rings (SSSR count). The molecule has 0 aromatic carbocycles. The van der Waals surface area contributed by atoms with Gasteiger partial charge in [0, 0.05) is 6.42 Å². The van der Waals surface area contributed by atoms with E-state index in [2.05, 4.69) is 19.2 Å². The molecule has 0 heterocycles. The number of unbranched alkanes of at least 4 members (excludes halogenated alkanes) is 27. The maximum atomic E-state index is 12.3. The standard InChI is InChI=1S/C38H75NO3/c1-3-5-7-9-11-13-15-17-19-20-21-23-25-27-29-31-33-37(41)36(35-40)39-38(42)34-32-30-28-26-24-22-18-16-14-12-10-8-6-4-2/h31,33,36-37,40-41H,3-30,32,34-35H2,1-2H3,(H,39,42)/b33-31+/t36-,37+/m0/s1. The van der Waals surface area contributed by atoms with Gasteiger partial charge in [-0.3, -0.25) is 4.79 Å². The largest absolute Gasteiger partial charge is 0.394 e. The van der Waals surface area contributed by atoms with Crippen LogP contribution in [0.3, 0.4) is 0 Å². The molecule has 250 valence electrons. The number of aliphatic hydroxyl groups is 2. The van der Waals surface area contributed by atoms with Gasteiger partial charge in [-0.15, -0.1) is 0 Å². The average molecular weight is 594 g/mol. The number of aliphatic hydroxyl groups excluding tert-OH is 2. The topological polar surface area (TPSA) is 69.6 Å². The molecular weight excluding hydrogens is 518 g/mol. The summed E-state index contributed by atoms with van der Waals surface area (Å²) in [6.07, 6.45) is 41.5. The zero-order valence-electron chi connectivity index (χ0n) is 28.5. The number of hydrogen-bond donors (Lipinski definition) is 3. The minimum Gasteiger partial charge on any atom is -0.394 e. The first-order valence-electron chi connectivity index (χ1n) is 18.9. The molecule has 2 atom stereocenters. The van der Waals surface area contributed by atoms with Gasteiger partial charge in [-0.05, 0) is 19.3 Å². The van der Waals surface area contributed by atoms with E-state index in [1.165, 1.54) is 161 Å². The van der Waals surface area contributed by atoms with Crippen LogP contribution in [0.4, 0.5) is 0 Å². The molecule has 0 saturated heterocycles. The number of carbonyl (C=O) groups is 1. The van der Waals surface area contributed by atoms with Crippen molar-refractivity contribution in [1.29, 1.82) is 0 Å². The summed E-state index contributed by atoms with van der Waals surface area (Å²) in [6.45, 7) is 4.31. The van der Waals surface area contributed by atoms with Gasteiger partial charge in [-0.1, -0.05) is 193 Å². The summed E-state index contributed by atoms with van der Waals surface area (Å²) >= 11 is 0. The zero-order chi connectivity index (χ0) is 30.8. The van der Waals surface area contributed by atoms with E-state index in [-0.39, 0.29) is 12.5 Å². The van der Waals surface area contributed by atoms with Gasteiger partial charge in [0.25, 0.3) is 0 Å². The van der Waals surface area contributed by atoms with Crippen LogP contribution in [-0.2, 0) is 4.79 Å². The third kappa shape index (κ3) is 30.6. The molecule has 0 aliphatic rings. The number of allylic oxidation sites excluding steroid dienone is 1. The van der Waals surface area contributed by atoms with Crippen molar-refractivity contribution in [2.45, 2.75) is 219 Å². The minimum absolute atomic E-state index is 0.0626. The van der Waals surface area contributed by atoms with Crippen molar-refractivity contribution in [3.05, 3.63) is 12.2 Å². The summed E-state index contributed by atoms with van der Waals surface area (Å²) in [4.78, 5) is 12.3. The van der Waals surface area contributed by atoms with Crippen LogP contribution < -0.4 is 5.32 Å². The molecule has 4 heteroatoms. The molecule has 0 bridgehead atoms. The number of rotatable bonds is 34. The van der Waals surface area contributed by atoms with Gasteiger partial charge in [0.1, 0.15) is 0 Å². The lowest BCUT2D eigenvalue weighted by molar-refractivity contribution is -0.123. The fraction of sp³-hybridized carbons (Fsp3) is 0.921. The lowest BCUT2D eigenvalue weighted by Gasteiger charge is -2.20. The van der Waals surface area contributed by atoms with E-state index in [1.807, 2.05) is 6.08 Å². The number of amides is 1. The predicted octanol–water partition coefficient (Wildman–Crippen LogP) is 11.1. The highest BCUT2D eigenvalue weighted by molar-refractivity contribution is 5.76. The molecule has 42 heavy (non-hydrogen) atoms. The second-order valence-corrected chi connectivity index (χ2v) is 13.0. The van der Waals surface area contributed by atoms with Gasteiger partial charge >= 0.3 is 0 Å². The van der Waals surface area contributed by atoms with Crippen molar-refractivity contribution in [2.24, 2.45) is 0 Å². The van der Waals surface area contributed by atoms with Gasteiger partial charge in [-0.2, -0.15) is 0 Å². The van der Waals surface area contributed by atoms with E-state index >= 15 is 0 Å². The van der Waals surface area contributed by atoms with Crippen LogP contribution in [0.25, 0.3) is 0 Å². The quantitative estimate of drug-likeness (QED) is 0.0513. The van der Waals surface area contributed by atoms with Crippen LogP contribution in [0, 0.1) is 0 Å². The first-order chi connectivity index (χ1) is 20.7. The van der Waals surface area contributed by atoms with E-state index in [0.717, 1.165) is 25.7 Å². The van der Waals surface area contributed by atoms with Gasteiger partial charge in [0.2, 0.25) is 5.91 Å². The number of hydrogen-bond acceptors (Lipinski definition) is 3. The van der Waals surface area contributed by atoms with E-state index in [4.69, 9.17) is 0 Å². The van der Waals surface area contributed by atoms with Crippen molar-refractivity contribution >= 4 is 5.91 Å². The normalized spacial score (nSPS) is 13.1. The van der Waals surface area contributed by atoms with Gasteiger partial charge in [0.05, 0.1) is 18.8 Å². The molecule has 3 N–H and O–H groups in total. The molecular formula is C38H75NO3. The van der Waals surface area contributed by atoms with Crippen molar-refractivity contribution < 1.29 is 15.0 Å². The van der Waals surface area contributed by atoms with Crippen LogP contribution in [0.5, 0.6) is 0 Å². The molecule has 0 unspecified atom stereocenters. The SMILES string of the molecule is CCCCCCCCCCCCCCCC/C=C/[C@@H](O)[C@H](CO)NC(=O)CCCCCCCCCCCCCCCC. The molecule has 4 nitrogen and oxygen atoms in total. The minimum atomic E-state index is -0.832. The molecule has 1 amide bonds. The summed E-state index contributed by atoms with van der Waals surface area (Å²) in [7, 11) is 0. The Labute approximate surface area is 263 Å². The molecule has 0 radical (unpaired) electrons. The lowest BCUT2D eigenvalue weighted by atomic mass is 10.0. The predicted molar refractivity (Wildman–Crippen MR) is 184 cm³/mol. The summed E-state index contributed by atoms with van der Waals surface area (Å²) in [5, 5.41) is 22.9. The Bertz CT molecular complexity index is 565. The summed E-state index contributed by atoms with van der Waals surface area (Å²) in [6, 6.07) is -0.614. The summed E-state index contributed by atoms with van der Waals surface area (Å²) in [5.41, 5.74) is 0. The van der Waals surface area contributed by atoms with E-state index in [1.54, 1.807) is 6.08 Å². The highest BCUT2D eigenvalue weighted by Gasteiger charge is 2.17. The summed E-state index contributed by atoms with van der Waals surface area (Å²) < 4.78 is 0. The number of carbonyl (C=O) groups excluding carboxylic acids is 1. The van der Waals surface area contributed by atoms with E-state index in [9.17, 15) is 15.0 Å². The van der Waals surface area contributed by atoms with Crippen molar-refractivity contribution in [1.82, 2.24) is 5.32 Å². The molecule has 0 saturated carbocycles. The molecule has 0 aromatic heterocycles. The maximum absolute atomic E-state index is 12.3. The molecule has 0 fully saturated rings. The lowest BCUT2D eigenvalue weighted by Crippen LogP contribution is -2.45. The van der Waals surface area contributed by atoms with Crippen LogP contribution in [0.1, 0.15) is 206 Å². The van der Waals surface area contributed by atoms with Gasteiger partial charge in [-0.25, -0.2) is 0 Å². The Morgan fingerprint density at radius 1 is 0.548 bits per heavy atom. The van der Waals surface area contributed by atoms with Crippen LogP contribution in [0.2, 0.25) is 0 Å². The third-order valence-corrected chi connectivity index (χ3v) is 8.77. The molecule has 0 aliphatic carbocycles. The third-order valence-electron chi connectivity index (χ3n) is 8.77. The monoisotopic (exact) mass is 594 g/mol. The summed E-state index contributed by atoms with van der Waals surface area (Å²) in [5.74, 6) is -0.0626. The van der Waals surface area contributed by atoms with Crippen LogP contribution in [-0.4, -0.2) is 34.9 Å². The van der Waals surface area contributed by atoms with E-state index < -0.39 is 12.1 Å². The highest BCUT2D eigenvalue weighted by Crippen LogP contribution is 2.15.